The van der Waals surface area contributed by atoms with E-state index in [1.54, 1.807) is 47.3 Å². The number of aromatic amines is 1. The topological polar surface area (TPSA) is 141 Å². The van der Waals surface area contributed by atoms with Crippen molar-refractivity contribution in [3.63, 3.8) is 0 Å². The maximum atomic E-state index is 12.8. The average Bonchev–Trinajstić information content (AvgIpc) is 3.40. The van der Waals surface area contributed by atoms with Crippen LogP contribution in [0.25, 0.3) is 22.2 Å². The summed E-state index contributed by atoms with van der Waals surface area (Å²) in [6, 6.07) is 16.1. The van der Waals surface area contributed by atoms with Gasteiger partial charge in [0.2, 0.25) is 0 Å². The lowest BCUT2D eigenvalue weighted by Gasteiger charge is -2.15. The fourth-order valence-electron chi connectivity index (χ4n) is 4.13. The second-order valence-corrected chi connectivity index (χ2v) is 10.8. The summed E-state index contributed by atoms with van der Waals surface area (Å²) in [5, 5.41) is 20.7. The fourth-order valence-corrected chi connectivity index (χ4v) is 4.99. The van der Waals surface area contributed by atoms with Gasteiger partial charge in [-0.2, -0.15) is 10.4 Å². The van der Waals surface area contributed by atoms with Crippen LogP contribution in [0.1, 0.15) is 17.1 Å². The first-order chi connectivity index (χ1) is 17.6. The Morgan fingerprint density at radius 2 is 1.81 bits per heavy atom. The number of sulfone groups is 1. The average molecular weight is 513 g/mol. The van der Waals surface area contributed by atoms with Crippen LogP contribution >= 0.6 is 0 Å². The van der Waals surface area contributed by atoms with Crippen molar-refractivity contribution in [3.8, 4) is 17.2 Å². The summed E-state index contributed by atoms with van der Waals surface area (Å²) in [5.41, 5.74) is 5.46. The Labute approximate surface area is 213 Å². The molecule has 37 heavy (non-hydrogen) atoms. The van der Waals surface area contributed by atoms with Crippen LogP contribution < -0.4 is 10.6 Å². The Kier molecular flexibility index (Phi) is 5.89. The van der Waals surface area contributed by atoms with Crippen LogP contribution in [0.4, 0.5) is 23.0 Å². The van der Waals surface area contributed by atoms with Crippen molar-refractivity contribution in [3.05, 3.63) is 71.8 Å². The van der Waals surface area contributed by atoms with Crippen LogP contribution in [0, 0.1) is 25.2 Å². The van der Waals surface area contributed by atoms with Crippen molar-refractivity contribution in [1.82, 2.24) is 24.7 Å². The molecule has 0 aliphatic heterocycles. The zero-order valence-corrected chi connectivity index (χ0v) is 21.5. The van der Waals surface area contributed by atoms with E-state index in [1.807, 2.05) is 39.1 Å². The number of rotatable bonds is 6. The lowest BCUT2D eigenvalue weighted by molar-refractivity contribution is 0.602. The molecule has 0 atom stereocenters. The molecule has 0 bridgehead atoms. The van der Waals surface area contributed by atoms with Crippen molar-refractivity contribution in [2.75, 3.05) is 16.9 Å². The minimum atomic E-state index is -3.57. The molecule has 5 rings (SSSR count). The Bertz CT molecular complexity index is 1810. The van der Waals surface area contributed by atoms with Crippen LogP contribution in [0.2, 0.25) is 0 Å². The number of aromatic nitrogens is 5. The summed E-state index contributed by atoms with van der Waals surface area (Å²) >= 11 is 0. The molecule has 186 valence electrons. The van der Waals surface area contributed by atoms with Crippen LogP contribution in [-0.4, -0.2) is 39.4 Å². The molecule has 11 heteroatoms. The molecular weight excluding hydrogens is 488 g/mol. The van der Waals surface area contributed by atoms with Gasteiger partial charge < -0.3 is 15.6 Å². The Hall–Kier alpha value is -4.69. The van der Waals surface area contributed by atoms with E-state index in [0.29, 0.717) is 28.7 Å². The summed E-state index contributed by atoms with van der Waals surface area (Å²) in [7, 11) is -1.73. The van der Waals surface area contributed by atoms with E-state index in [0.717, 1.165) is 27.9 Å². The van der Waals surface area contributed by atoms with E-state index in [4.69, 9.17) is 5.26 Å². The maximum Gasteiger partial charge on any atom is 0.177 e. The zero-order chi connectivity index (χ0) is 26.3. The Balaban J connectivity index is 1.59. The second-order valence-electron chi connectivity index (χ2n) is 8.79. The molecule has 0 saturated carbocycles. The molecule has 10 nitrogen and oxygen atoms in total. The molecule has 0 spiro atoms. The predicted molar refractivity (Wildman–Crippen MR) is 143 cm³/mol. The predicted octanol–water partition coefficient (Wildman–Crippen LogP) is 4.74. The Morgan fingerprint density at radius 1 is 1.00 bits per heavy atom. The summed E-state index contributed by atoms with van der Waals surface area (Å²) in [4.78, 5) is 12.3. The van der Waals surface area contributed by atoms with Crippen LogP contribution in [0.5, 0.6) is 0 Å². The minimum Gasteiger partial charge on any atom is -0.354 e. The molecule has 1 aromatic carbocycles. The largest absolute Gasteiger partial charge is 0.354 e. The highest BCUT2D eigenvalue weighted by Gasteiger charge is 2.18. The lowest BCUT2D eigenvalue weighted by Crippen LogP contribution is -2.04. The first kappa shape index (κ1) is 24.0. The number of fused-ring (bicyclic) bond motifs is 1. The summed E-state index contributed by atoms with van der Waals surface area (Å²) < 4.78 is 27.4. The number of anilines is 4. The van der Waals surface area contributed by atoms with Crippen molar-refractivity contribution < 1.29 is 8.42 Å². The number of nitriles is 1. The fraction of sp³-hybridized carbons (Fsp3) is 0.154. The molecule has 0 saturated heterocycles. The maximum absolute atomic E-state index is 12.8. The molecule has 4 heterocycles. The number of pyridine rings is 2. The number of hydrogen-bond acceptors (Lipinski definition) is 8. The molecule has 0 amide bonds. The molecule has 0 unspecified atom stereocenters. The molecule has 3 N–H and O–H groups in total. The second kappa shape index (κ2) is 9.07. The van der Waals surface area contributed by atoms with E-state index >= 15 is 0 Å². The van der Waals surface area contributed by atoms with Gasteiger partial charge in [0, 0.05) is 41.7 Å². The first-order valence-corrected chi connectivity index (χ1v) is 13.3. The number of nitrogens with one attached hydrogen (secondary N) is 3. The molecule has 4 aromatic heterocycles. The molecule has 0 radical (unpaired) electrons. The highest BCUT2D eigenvalue weighted by atomic mass is 32.2. The third-order valence-corrected chi connectivity index (χ3v) is 7.19. The normalized spacial score (nSPS) is 11.4. The smallest absolute Gasteiger partial charge is 0.177 e. The SMILES string of the molecule is Cc1cc2c(Nc3ccc(-c4cnn(C)c4C)cc3S(C)(=O)=O)cc(Nc3cccc(C#N)n3)nc2[nH]1. The summed E-state index contributed by atoms with van der Waals surface area (Å²) in [6.07, 6.45) is 2.92. The monoisotopic (exact) mass is 512 g/mol. The highest BCUT2D eigenvalue weighted by molar-refractivity contribution is 7.90. The van der Waals surface area contributed by atoms with Crippen molar-refractivity contribution in [1.29, 1.82) is 5.26 Å². The van der Waals surface area contributed by atoms with E-state index in [1.165, 1.54) is 6.26 Å². The van der Waals surface area contributed by atoms with Crippen molar-refractivity contribution >= 4 is 43.9 Å². The van der Waals surface area contributed by atoms with Crippen molar-refractivity contribution in [2.24, 2.45) is 7.05 Å². The quantitative estimate of drug-likeness (QED) is 0.296. The van der Waals surface area contributed by atoms with Gasteiger partial charge in [0.15, 0.2) is 9.84 Å². The molecule has 0 aliphatic rings. The molecule has 0 fully saturated rings. The van der Waals surface area contributed by atoms with Gasteiger partial charge in [-0.15, -0.1) is 0 Å². The number of aryl methyl sites for hydroxylation is 2. The van der Waals surface area contributed by atoms with Gasteiger partial charge in [0.1, 0.15) is 29.0 Å². The number of H-pyrrole nitrogens is 1. The van der Waals surface area contributed by atoms with Gasteiger partial charge in [0.05, 0.1) is 22.5 Å². The van der Waals surface area contributed by atoms with Gasteiger partial charge in [-0.25, -0.2) is 18.4 Å². The van der Waals surface area contributed by atoms with E-state index in [9.17, 15) is 8.42 Å². The zero-order valence-electron chi connectivity index (χ0n) is 20.7. The first-order valence-electron chi connectivity index (χ1n) is 11.4. The van der Waals surface area contributed by atoms with Gasteiger partial charge in [-0.1, -0.05) is 12.1 Å². The van der Waals surface area contributed by atoms with E-state index in [2.05, 4.69) is 30.7 Å². The molecule has 5 aromatic rings. The summed E-state index contributed by atoms with van der Waals surface area (Å²) in [6.45, 7) is 3.86. The minimum absolute atomic E-state index is 0.170. The lowest BCUT2D eigenvalue weighted by atomic mass is 10.1. The van der Waals surface area contributed by atoms with Crippen LogP contribution in [0.15, 0.2) is 59.6 Å². The van der Waals surface area contributed by atoms with E-state index in [-0.39, 0.29) is 10.6 Å². The standard InChI is InChI=1S/C26H24N8O2S/c1-15-10-19-22(12-25(33-26(19)29-15)32-24-7-5-6-18(13-27)30-24)31-21-9-8-17(11-23(21)37(4,35)36)20-14-28-34(3)16(20)2/h5-12,14H,1-4H3,(H3,29,30,31,32,33). The number of hydrogen-bond donors (Lipinski definition) is 3. The van der Waals surface area contributed by atoms with Gasteiger partial charge >= 0.3 is 0 Å². The van der Waals surface area contributed by atoms with Gasteiger partial charge in [0.25, 0.3) is 0 Å². The van der Waals surface area contributed by atoms with E-state index < -0.39 is 9.84 Å². The number of benzene rings is 1. The van der Waals surface area contributed by atoms with Crippen LogP contribution in [-0.2, 0) is 16.9 Å². The Morgan fingerprint density at radius 3 is 2.51 bits per heavy atom. The third-order valence-electron chi connectivity index (χ3n) is 6.05. The summed E-state index contributed by atoms with van der Waals surface area (Å²) in [5.74, 6) is 0.941. The molecule has 0 aliphatic carbocycles. The van der Waals surface area contributed by atoms with Gasteiger partial charge in [-0.05, 0) is 49.7 Å². The van der Waals surface area contributed by atoms with Gasteiger partial charge in [-0.3, -0.25) is 4.68 Å². The highest BCUT2D eigenvalue weighted by Crippen LogP contribution is 2.35. The molecular formula is C26H24N8O2S. The van der Waals surface area contributed by atoms with Crippen LogP contribution in [0.3, 0.4) is 0 Å². The third kappa shape index (κ3) is 4.74. The van der Waals surface area contributed by atoms with Crippen molar-refractivity contribution in [2.45, 2.75) is 18.7 Å². The number of nitrogens with zero attached hydrogens (tertiary/aromatic N) is 5.